The molecule has 0 unspecified atom stereocenters. The predicted molar refractivity (Wildman–Crippen MR) is 76.9 cm³/mol. The number of aromatic nitrogens is 2. The number of carbonyl (C=O) groups is 1. The third-order valence-electron chi connectivity index (χ3n) is 2.54. The second kappa shape index (κ2) is 7.61. The molecule has 7 nitrogen and oxygen atoms in total. The molecule has 0 atom stereocenters. The van der Waals surface area contributed by atoms with Crippen LogP contribution in [0.25, 0.3) is 11.4 Å². The van der Waals surface area contributed by atoms with Gasteiger partial charge in [0.1, 0.15) is 0 Å². The Morgan fingerprint density at radius 2 is 2.29 bits per heavy atom. The van der Waals surface area contributed by atoms with Crippen LogP contribution in [-0.2, 0) is 11.3 Å². The molecule has 0 radical (unpaired) electrons. The Kier molecular flexibility index (Phi) is 5.53. The smallest absolute Gasteiger partial charge is 0.315 e. The molecule has 0 aliphatic heterocycles. The molecule has 2 N–H and O–H groups in total. The second-order valence-electron chi connectivity index (χ2n) is 4.12. The minimum Gasteiger partial charge on any atom is -0.383 e. The van der Waals surface area contributed by atoms with Crippen molar-refractivity contribution < 1.29 is 14.1 Å². The highest BCUT2D eigenvalue weighted by Gasteiger charge is 2.09. The first-order chi connectivity index (χ1) is 10.2. The summed E-state index contributed by atoms with van der Waals surface area (Å²) in [5.74, 6) is 0.737. The summed E-state index contributed by atoms with van der Waals surface area (Å²) >= 11 is 5.90. The van der Waals surface area contributed by atoms with Crippen LogP contribution in [0.2, 0.25) is 5.02 Å². The zero-order valence-corrected chi connectivity index (χ0v) is 12.2. The lowest BCUT2D eigenvalue weighted by atomic mass is 10.2. The van der Waals surface area contributed by atoms with Crippen molar-refractivity contribution in [1.82, 2.24) is 20.8 Å². The fraction of sp³-hybridized carbons (Fsp3) is 0.308. The van der Waals surface area contributed by atoms with E-state index in [-0.39, 0.29) is 12.6 Å². The van der Waals surface area contributed by atoms with Crippen molar-refractivity contribution in [2.45, 2.75) is 6.54 Å². The summed E-state index contributed by atoms with van der Waals surface area (Å²) in [5.41, 5.74) is 0.752. The second-order valence-corrected chi connectivity index (χ2v) is 4.56. The van der Waals surface area contributed by atoms with E-state index in [1.807, 2.05) is 6.07 Å². The molecule has 21 heavy (non-hydrogen) atoms. The number of ether oxygens (including phenoxy) is 1. The van der Waals surface area contributed by atoms with Crippen molar-refractivity contribution >= 4 is 17.6 Å². The van der Waals surface area contributed by atoms with Crippen molar-refractivity contribution in [3.05, 3.63) is 35.2 Å². The highest BCUT2D eigenvalue weighted by Crippen LogP contribution is 2.19. The summed E-state index contributed by atoms with van der Waals surface area (Å²) in [4.78, 5) is 15.6. The summed E-state index contributed by atoms with van der Waals surface area (Å²) in [7, 11) is 1.56. The van der Waals surface area contributed by atoms with Gasteiger partial charge in [-0.25, -0.2) is 4.79 Å². The number of benzene rings is 1. The highest BCUT2D eigenvalue weighted by molar-refractivity contribution is 6.30. The van der Waals surface area contributed by atoms with E-state index in [1.54, 1.807) is 25.3 Å². The molecule has 1 aromatic heterocycles. The molecule has 2 rings (SSSR count). The van der Waals surface area contributed by atoms with Crippen LogP contribution < -0.4 is 10.6 Å². The molecule has 112 valence electrons. The number of carbonyl (C=O) groups excluding carboxylic acids is 1. The van der Waals surface area contributed by atoms with Crippen molar-refractivity contribution in [1.29, 1.82) is 0 Å². The number of urea groups is 1. The molecule has 0 aliphatic rings. The van der Waals surface area contributed by atoms with E-state index in [4.69, 9.17) is 20.9 Å². The zero-order valence-electron chi connectivity index (χ0n) is 11.4. The van der Waals surface area contributed by atoms with Gasteiger partial charge >= 0.3 is 6.03 Å². The predicted octanol–water partition coefficient (Wildman–Crippen LogP) is 1.84. The van der Waals surface area contributed by atoms with E-state index < -0.39 is 0 Å². The van der Waals surface area contributed by atoms with E-state index in [1.165, 1.54) is 0 Å². The number of hydrogen-bond donors (Lipinski definition) is 2. The quantitative estimate of drug-likeness (QED) is 0.795. The molecular weight excluding hydrogens is 296 g/mol. The third-order valence-corrected chi connectivity index (χ3v) is 2.78. The van der Waals surface area contributed by atoms with E-state index in [2.05, 4.69) is 20.8 Å². The highest BCUT2D eigenvalue weighted by atomic mass is 35.5. The topological polar surface area (TPSA) is 89.3 Å². The number of halogens is 1. The van der Waals surface area contributed by atoms with Gasteiger partial charge in [-0.3, -0.25) is 0 Å². The van der Waals surface area contributed by atoms with Gasteiger partial charge in [0.25, 0.3) is 0 Å². The standard InChI is InChI=1S/C13H15ClN4O3/c1-20-6-5-15-13(19)16-8-11-17-12(18-21-11)9-3-2-4-10(14)7-9/h2-4,7H,5-6,8H2,1H3,(H2,15,16,19). The molecule has 8 heteroatoms. The number of nitrogens with zero attached hydrogens (tertiary/aromatic N) is 2. The van der Waals surface area contributed by atoms with Gasteiger partial charge in [0.2, 0.25) is 11.7 Å². The molecule has 0 fully saturated rings. The Bertz CT molecular complexity index is 603. The van der Waals surface area contributed by atoms with Crippen molar-refractivity contribution in [2.75, 3.05) is 20.3 Å². The van der Waals surface area contributed by atoms with Crippen molar-refractivity contribution in [2.24, 2.45) is 0 Å². The van der Waals surface area contributed by atoms with Gasteiger partial charge in [0, 0.05) is 24.2 Å². The molecule has 1 aromatic carbocycles. The minimum atomic E-state index is -0.324. The monoisotopic (exact) mass is 310 g/mol. The Morgan fingerprint density at radius 1 is 1.43 bits per heavy atom. The fourth-order valence-electron chi connectivity index (χ4n) is 1.56. The van der Waals surface area contributed by atoms with Crippen LogP contribution in [0.3, 0.4) is 0 Å². The van der Waals surface area contributed by atoms with Crippen LogP contribution in [0.5, 0.6) is 0 Å². The Balaban J connectivity index is 1.87. The average molecular weight is 311 g/mol. The van der Waals surface area contributed by atoms with Crippen LogP contribution in [-0.4, -0.2) is 36.4 Å². The number of methoxy groups -OCH3 is 1. The molecule has 0 spiro atoms. The SMILES string of the molecule is COCCNC(=O)NCc1nc(-c2cccc(Cl)c2)no1. The lowest BCUT2D eigenvalue weighted by Gasteiger charge is -2.04. The zero-order chi connectivity index (χ0) is 15.1. The maximum Gasteiger partial charge on any atom is 0.315 e. The Morgan fingerprint density at radius 3 is 3.05 bits per heavy atom. The fourth-order valence-corrected chi connectivity index (χ4v) is 1.75. The number of nitrogens with one attached hydrogen (secondary N) is 2. The summed E-state index contributed by atoms with van der Waals surface area (Å²) in [6, 6.07) is 6.80. The first-order valence-electron chi connectivity index (χ1n) is 6.28. The van der Waals surface area contributed by atoms with Gasteiger partial charge in [-0.05, 0) is 12.1 Å². The molecule has 0 saturated heterocycles. The molecular formula is C13H15ClN4O3. The van der Waals surface area contributed by atoms with Crippen LogP contribution in [0.15, 0.2) is 28.8 Å². The number of amides is 2. The maximum atomic E-state index is 11.4. The lowest BCUT2D eigenvalue weighted by molar-refractivity contribution is 0.195. The largest absolute Gasteiger partial charge is 0.383 e. The van der Waals surface area contributed by atoms with E-state index in [0.29, 0.717) is 29.9 Å². The third kappa shape index (κ3) is 4.73. The Hall–Kier alpha value is -2.12. The summed E-state index contributed by atoms with van der Waals surface area (Å²) in [6.45, 7) is 1.03. The first-order valence-corrected chi connectivity index (χ1v) is 6.66. The normalized spacial score (nSPS) is 10.4. The molecule has 1 heterocycles. The van der Waals surface area contributed by atoms with E-state index in [0.717, 1.165) is 5.56 Å². The first kappa shape index (κ1) is 15.3. The molecule has 2 amide bonds. The average Bonchev–Trinajstić information content (AvgIpc) is 2.94. The van der Waals surface area contributed by atoms with Crippen LogP contribution >= 0.6 is 11.6 Å². The molecule has 0 bridgehead atoms. The lowest BCUT2D eigenvalue weighted by Crippen LogP contribution is -2.36. The molecule has 2 aromatic rings. The minimum absolute atomic E-state index is 0.145. The van der Waals surface area contributed by atoms with Gasteiger partial charge in [-0.15, -0.1) is 0 Å². The number of rotatable bonds is 6. The van der Waals surface area contributed by atoms with Crippen molar-refractivity contribution in [3.8, 4) is 11.4 Å². The van der Waals surface area contributed by atoms with E-state index in [9.17, 15) is 4.79 Å². The van der Waals surface area contributed by atoms with Gasteiger partial charge in [-0.2, -0.15) is 4.98 Å². The molecule has 0 saturated carbocycles. The van der Waals surface area contributed by atoms with Gasteiger partial charge in [0.05, 0.1) is 13.2 Å². The Labute approximate surface area is 126 Å². The number of hydrogen-bond acceptors (Lipinski definition) is 5. The van der Waals surface area contributed by atoms with E-state index >= 15 is 0 Å². The van der Waals surface area contributed by atoms with Gasteiger partial charge in [-0.1, -0.05) is 28.9 Å². The van der Waals surface area contributed by atoms with Crippen LogP contribution in [0.4, 0.5) is 4.79 Å². The van der Waals surface area contributed by atoms with Crippen molar-refractivity contribution in [3.63, 3.8) is 0 Å². The van der Waals surface area contributed by atoms with Gasteiger partial charge < -0.3 is 19.9 Å². The summed E-state index contributed by atoms with van der Waals surface area (Å²) in [5, 5.41) is 9.66. The maximum absolute atomic E-state index is 11.4. The summed E-state index contributed by atoms with van der Waals surface area (Å²) in [6.07, 6.45) is 0. The van der Waals surface area contributed by atoms with Gasteiger partial charge in [0.15, 0.2) is 0 Å². The summed E-state index contributed by atoms with van der Waals surface area (Å²) < 4.78 is 9.89. The van der Waals surface area contributed by atoms with Crippen LogP contribution in [0, 0.1) is 0 Å². The molecule has 0 aliphatic carbocycles. The van der Waals surface area contributed by atoms with Crippen LogP contribution in [0.1, 0.15) is 5.89 Å².